The van der Waals surface area contributed by atoms with E-state index >= 15 is 0 Å². The minimum absolute atomic E-state index is 0.0496. The third-order valence-electron chi connectivity index (χ3n) is 3.16. The first-order valence-corrected chi connectivity index (χ1v) is 6.10. The first-order valence-electron chi connectivity index (χ1n) is 6.10. The number of hydrogen-bond donors (Lipinski definition) is 2. The molecule has 0 fully saturated rings. The molecule has 0 atom stereocenters. The molecular formula is C13H19N3O. The Balaban J connectivity index is 2.18. The summed E-state index contributed by atoms with van der Waals surface area (Å²) in [6, 6.07) is 5.95. The highest BCUT2D eigenvalue weighted by atomic mass is 16.2. The van der Waals surface area contributed by atoms with Gasteiger partial charge in [0.2, 0.25) is 0 Å². The lowest BCUT2D eigenvalue weighted by molar-refractivity contribution is 0.224. The molecule has 0 aliphatic carbocycles. The van der Waals surface area contributed by atoms with Gasteiger partial charge in [0, 0.05) is 31.5 Å². The molecular weight excluding hydrogens is 214 g/mol. The molecule has 1 aromatic carbocycles. The minimum atomic E-state index is -0.0496. The molecule has 1 aromatic rings. The van der Waals surface area contributed by atoms with Crippen molar-refractivity contribution >= 4 is 17.4 Å². The van der Waals surface area contributed by atoms with Gasteiger partial charge in [-0.25, -0.2) is 4.79 Å². The number of hydrogen-bond acceptors (Lipinski definition) is 2. The van der Waals surface area contributed by atoms with Gasteiger partial charge >= 0.3 is 6.03 Å². The fraction of sp³-hybridized carbons (Fsp3) is 0.462. The summed E-state index contributed by atoms with van der Waals surface area (Å²) in [4.78, 5) is 13.5. The second kappa shape index (κ2) is 5.08. The quantitative estimate of drug-likeness (QED) is 0.824. The number of carbonyl (C=O) groups is 1. The minimum Gasteiger partial charge on any atom is -0.385 e. The molecule has 1 heterocycles. The number of urea groups is 1. The van der Waals surface area contributed by atoms with E-state index in [0.717, 1.165) is 30.8 Å². The largest absolute Gasteiger partial charge is 0.385 e. The van der Waals surface area contributed by atoms with Crippen molar-refractivity contribution in [2.75, 3.05) is 30.8 Å². The zero-order valence-corrected chi connectivity index (χ0v) is 10.4. The Morgan fingerprint density at radius 2 is 2.35 bits per heavy atom. The van der Waals surface area contributed by atoms with E-state index in [1.165, 1.54) is 5.56 Å². The van der Waals surface area contributed by atoms with Crippen molar-refractivity contribution in [3.05, 3.63) is 23.8 Å². The summed E-state index contributed by atoms with van der Waals surface area (Å²) in [5.41, 5.74) is 3.30. The Kier molecular flexibility index (Phi) is 3.52. The first kappa shape index (κ1) is 11.8. The molecule has 0 saturated heterocycles. The van der Waals surface area contributed by atoms with Crippen molar-refractivity contribution < 1.29 is 4.79 Å². The molecule has 0 aromatic heterocycles. The number of rotatable bonds is 2. The monoisotopic (exact) mass is 233 g/mol. The standard InChI is InChI=1S/C13H19N3O/c1-3-16(2)13(17)15-12-8-4-7-11-10(12)6-5-9-14-11/h4,7-8,14H,3,5-6,9H2,1-2H3,(H,15,17). The van der Waals surface area contributed by atoms with Gasteiger partial charge in [0.15, 0.2) is 0 Å². The number of anilines is 2. The fourth-order valence-electron chi connectivity index (χ4n) is 1.98. The van der Waals surface area contributed by atoms with E-state index in [1.807, 2.05) is 19.1 Å². The number of benzene rings is 1. The molecule has 0 saturated carbocycles. The van der Waals surface area contributed by atoms with Crippen LogP contribution in [0.3, 0.4) is 0 Å². The van der Waals surface area contributed by atoms with Crippen molar-refractivity contribution in [2.24, 2.45) is 0 Å². The number of carbonyl (C=O) groups excluding carboxylic acids is 1. The Morgan fingerprint density at radius 1 is 1.53 bits per heavy atom. The summed E-state index contributed by atoms with van der Waals surface area (Å²) < 4.78 is 0. The van der Waals surface area contributed by atoms with Crippen LogP contribution in [0.2, 0.25) is 0 Å². The lowest BCUT2D eigenvalue weighted by Gasteiger charge is -2.22. The lowest BCUT2D eigenvalue weighted by Crippen LogP contribution is -2.31. The topological polar surface area (TPSA) is 44.4 Å². The molecule has 1 aliphatic rings. The average molecular weight is 233 g/mol. The van der Waals surface area contributed by atoms with E-state index in [9.17, 15) is 4.79 Å². The van der Waals surface area contributed by atoms with Crippen LogP contribution in [0.4, 0.5) is 16.2 Å². The maximum absolute atomic E-state index is 11.8. The van der Waals surface area contributed by atoms with Crippen LogP contribution in [0.5, 0.6) is 0 Å². The normalized spacial score (nSPS) is 13.5. The molecule has 4 nitrogen and oxygen atoms in total. The fourth-order valence-corrected chi connectivity index (χ4v) is 1.98. The Labute approximate surface area is 102 Å². The van der Waals surface area contributed by atoms with Crippen LogP contribution in [-0.4, -0.2) is 31.1 Å². The zero-order chi connectivity index (χ0) is 12.3. The number of amides is 2. The average Bonchev–Trinajstić information content (AvgIpc) is 2.38. The predicted molar refractivity (Wildman–Crippen MR) is 70.6 cm³/mol. The van der Waals surface area contributed by atoms with Crippen molar-refractivity contribution in [1.29, 1.82) is 0 Å². The van der Waals surface area contributed by atoms with E-state index in [0.29, 0.717) is 6.54 Å². The van der Waals surface area contributed by atoms with Crippen LogP contribution < -0.4 is 10.6 Å². The van der Waals surface area contributed by atoms with Crippen molar-refractivity contribution in [3.8, 4) is 0 Å². The Bertz CT molecular complexity index is 417. The molecule has 0 bridgehead atoms. The van der Waals surface area contributed by atoms with Crippen LogP contribution in [0.15, 0.2) is 18.2 Å². The number of nitrogens with one attached hydrogen (secondary N) is 2. The van der Waals surface area contributed by atoms with Gasteiger partial charge < -0.3 is 15.5 Å². The smallest absolute Gasteiger partial charge is 0.321 e. The molecule has 0 spiro atoms. The highest BCUT2D eigenvalue weighted by molar-refractivity contribution is 5.91. The number of nitrogens with zero attached hydrogens (tertiary/aromatic N) is 1. The summed E-state index contributed by atoms with van der Waals surface area (Å²) in [7, 11) is 1.79. The molecule has 2 rings (SSSR count). The summed E-state index contributed by atoms with van der Waals surface area (Å²) in [6.07, 6.45) is 2.14. The molecule has 2 N–H and O–H groups in total. The van der Waals surface area contributed by atoms with Crippen LogP contribution >= 0.6 is 0 Å². The van der Waals surface area contributed by atoms with E-state index in [1.54, 1.807) is 11.9 Å². The maximum atomic E-state index is 11.8. The van der Waals surface area contributed by atoms with Gasteiger partial charge in [-0.2, -0.15) is 0 Å². The zero-order valence-electron chi connectivity index (χ0n) is 10.4. The van der Waals surface area contributed by atoms with Gasteiger partial charge in [-0.15, -0.1) is 0 Å². The first-order chi connectivity index (χ1) is 8.22. The summed E-state index contributed by atoms with van der Waals surface area (Å²) >= 11 is 0. The third-order valence-corrected chi connectivity index (χ3v) is 3.16. The molecule has 92 valence electrons. The second-order valence-corrected chi connectivity index (χ2v) is 4.31. The van der Waals surface area contributed by atoms with Crippen molar-refractivity contribution in [3.63, 3.8) is 0 Å². The van der Waals surface area contributed by atoms with Crippen molar-refractivity contribution in [1.82, 2.24) is 4.90 Å². The summed E-state index contributed by atoms with van der Waals surface area (Å²) in [6.45, 7) is 3.68. The molecule has 4 heteroatoms. The van der Waals surface area contributed by atoms with Crippen molar-refractivity contribution in [2.45, 2.75) is 19.8 Å². The van der Waals surface area contributed by atoms with Gasteiger partial charge in [-0.05, 0) is 37.5 Å². The Morgan fingerprint density at radius 3 is 3.12 bits per heavy atom. The summed E-state index contributed by atoms with van der Waals surface area (Å²) in [5, 5.41) is 6.32. The van der Waals surface area contributed by atoms with Gasteiger partial charge in [0.05, 0.1) is 0 Å². The van der Waals surface area contributed by atoms with E-state index in [2.05, 4.69) is 16.7 Å². The van der Waals surface area contributed by atoms with Crippen LogP contribution in [0, 0.1) is 0 Å². The van der Waals surface area contributed by atoms with Gasteiger partial charge in [0.1, 0.15) is 0 Å². The third kappa shape index (κ3) is 2.52. The Hall–Kier alpha value is -1.71. The SMILES string of the molecule is CCN(C)C(=O)Nc1cccc2c1CCCN2. The van der Waals surface area contributed by atoms with Gasteiger partial charge in [-0.1, -0.05) is 6.07 Å². The molecule has 2 amide bonds. The van der Waals surface area contributed by atoms with Crippen LogP contribution in [0.25, 0.3) is 0 Å². The van der Waals surface area contributed by atoms with Crippen LogP contribution in [0.1, 0.15) is 18.9 Å². The molecule has 0 radical (unpaired) electrons. The molecule has 1 aliphatic heterocycles. The van der Waals surface area contributed by atoms with E-state index in [4.69, 9.17) is 0 Å². The summed E-state index contributed by atoms with van der Waals surface area (Å²) in [5.74, 6) is 0. The lowest BCUT2D eigenvalue weighted by atomic mass is 10.0. The van der Waals surface area contributed by atoms with Gasteiger partial charge in [-0.3, -0.25) is 0 Å². The van der Waals surface area contributed by atoms with Crippen LogP contribution in [-0.2, 0) is 6.42 Å². The molecule has 17 heavy (non-hydrogen) atoms. The van der Waals surface area contributed by atoms with E-state index in [-0.39, 0.29) is 6.03 Å². The maximum Gasteiger partial charge on any atom is 0.321 e. The van der Waals surface area contributed by atoms with Gasteiger partial charge in [0.25, 0.3) is 0 Å². The highest BCUT2D eigenvalue weighted by Crippen LogP contribution is 2.28. The predicted octanol–water partition coefficient (Wildman–Crippen LogP) is 2.53. The highest BCUT2D eigenvalue weighted by Gasteiger charge is 2.14. The molecule has 0 unspecified atom stereocenters. The second-order valence-electron chi connectivity index (χ2n) is 4.31. The number of fused-ring (bicyclic) bond motifs is 1. The van der Waals surface area contributed by atoms with E-state index < -0.39 is 0 Å².